The number of benzene rings is 1. The highest BCUT2D eigenvalue weighted by atomic mass is 19.1. The minimum atomic E-state index is -0.478. The molecule has 1 aromatic carbocycles. The number of halogens is 1. The normalized spacial score (nSPS) is 17.6. The van der Waals surface area contributed by atoms with Crippen LogP contribution in [0.1, 0.15) is 30.3 Å². The van der Waals surface area contributed by atoms with Crippen LogP contribution in [0.3, 0.4) is 0 Å². The Morgan fingerprint density at radius 2 is 2.07 bits per heavy atom. The predicted octanol–water partition coefficient (Wildman–Crippen LogP) is 4.01. The van der Waals surface area contributed by atoms with Crippen molar-refractivity contribution in [2.75, 3.05) is 13.1 Å². The maximum absolute atomic E-state index is 14.3. The Hall–Kier alpha value is -3.25. The zero-order chi connectivity index (χ0) is 21.5. The van der Waals surface area contributed by atoms with Gasteiger partial charge < -0.3 is 16.0 Å². The molecule has 0 unspecified atom stereocenters. The van der Waals surface area contributed by atoms with Crippen molar-refractivity contribution in [1.82, 2.24) is 15.2 Å². The Labute approximate surface area is 176 Å². The van der Waals surface area contributed by atoms with Crippen molar-refractivity contribution in [3.05, 3.63) is 90.2 Å². The van der Waals surface area contributed by atoms with Crippen molar-refractivity contribution in [2.24, 2.45) is 5.73 Å². The van der Waals surface area contributed by atoms with Crippen LogP contribution in [0.2, 0.25) is 0 Å². The van der Waals surface area contributed by atoms with E-state index in [-0.39, 0.29) is 17.4 Å². The maximum atomic E-state index is 14.3. The summed E-state index contributed by atoms with van der Waals surface area (Å²) in [4.78, 5) is 19.3. The molecule has 0 aliphatic carbocycles. The van der Waals surface area contributed by atoms with Gasteiger partial charge in [0.25, 0.3) is 5.91 Å². The lowest BCUT2D eigenvalue weighted by molar-refractivity contribution is 0.0961. The molecule has 1 aliphatic heterocycles. The molecule has 1 aromatic heterocycles. The first-order valence-corrected chi connectivity index (χ1v) is 10.1. The first-order valence-electron chi connectivity index (χ1n) is 10.1. The average molecular weight is 407 g/mol. The monoisotopic (exact) mass is 406 g/mol. The van der Waals surface area contributed by atoms with Crippen LogP contribution in [0, 0.1) is 5.82 Å². The van der Waals surface area contributed by atoms with Crippen LogP contribution in [-0.4, -0.2) is 34.9 Å². The molecule has 1 amide bonds. The van der Waals surface area contributed by atoms with E-state index in [0.29, 0.717) is 17.8 Å². The number of pyridine rings is 1. The van der Waals surface area contributed by atoms with E-state index in [1.165, 1.54) is 12.1 Å². The molecule has 0 radical (unpaired) electrons. The van der Waals surface area contributed by atoms with E-state index in [1.54, 1.807) is 30.3 Å². The van der Waals surface area contributed by atoms with Crippen LogP contribution in [0.25, 0.3) is 11.3 Å². The highest BCUT2D eigenvalue weighted by Gasteiger charge is 2.21. The van der Waals surface area contributed by atoms with Gasteiger partial charge in [-0.15, -0.1) is 0 Å². The van der Waals surface area contributed by atoms with Gasteiger partial charge >= 0.3 is 0 Å². The lowest BCUT2D eigenvalue weighted by Gasteiger charge is -2.34. The third kappa shape index (κ3) is 5.02. The summed E-state index contributed by atoms with van der Waals surface area (Å²) in [6, 6.07) is 11.7. The van der Waals surface area contributed by atoms with E-state index in [4.69, 9.17) is 5.73 Å². The van der Waals surface area contributed by atoms with E-state index in [0.717, 1.165) is 25.1 Å². The molecule has 30 heavy (non-hydrogen) atoms. The number of carbonyl (C=O) groups excluding carboxylic acids is 1. The Bertz CT molecular complexity index is 968. The summed E-state index contributed by atoms with van der Waals surface area (Å²) >= 11 is 0. The number of carbonyl (C=O) groups is 1. The van der Waals surface area contributed by atoms with E-state index < -0.39 is 11.7 Å². The SMILES string of the molecule is C=C/C(NC(=O)c1ccc(F)c(-c2ccccc2)n1)=C(\C=C/C)N1CCC[C@H](N)C1. The van der Waals surface area contributed by atoms with Crippen molar-refractivity contribution in [3.8, 4) is 11.3 Å². The van der Waals surface area contributed by atoms with E-state index in [1.807, 2.05) is 25.1 Å². The summed E-state index contributed by atoms with van der Waals surface area (Å²) in [6.45, 7) is 7.34. The number of allylic oxidation sites excluding steroid dienone is 3. The molecule has 1 atom stereocenters. The van der Waals surface area contributed by atoms with Gasteiger partial charge in [-0.2, -0.15) is 0 Å². The summed E-state index contributed by atoms with van der Waals surface area (Å²) in [7, 11) is 0. The zero-order valence-electron chi connectivity index (χ0n) is 17.1. The summed E-state index contributed by atoms with van der Waals surface area (Å²) in [6.07, 6.45) is 7.42. The van der Waals surface area contributed by atoms with Crippen LogP contribution in [0.5, 0.6) is 0 Å². The lowest BCUT2D eigenvalue weighted by Crippen LogP contribution is -2.43. The van der Waals surface area contributed by atoms with E-state index in [9.17, 15) is 9.18 Å². The number of aromatic nitrogens is 1. The molecule has 1 fully saturated rings. The number of rotatable bonds is 6. The standard InChI is InChI=1S/C24H27FN4O/c1-3-9-22(29-15-8-12-18(26)16-29)20(4-2)28-24(30)21-14-13-19(25)23(27-21)17-10-6-5-7-11-17/h3-7,9-11,13-14,18H,2,8,12,15-16,26H2,1H3,(H,28,30)/b9-3-,22-20-/t18-/m0/s1. The number of nitrogens with zero attached hydrogens (tertiary/aromatic N) is 2. The van der Waals surface area contributed by atoms with E-state index in [2.05, 4.69) is 21.8 Å². The van der Waals surface area contributed by atoms with Gasteiger partial charge in [-0.25, -0.2) is 9.37 Å². The van der Waals surface area contributed by atoms with Gasteiger partial charge in [-0.1, -0.05) is 43.0 Å². The second-order valence-electron chi connectivity index (χ2n) is 7.20. The fourth-order valence-corrected chi connectivity index (χ4v) is 3.53. The molecule has 3 N–H and O–H groups in total. The average Bonchev–Trinajstić information content (AvgIpc) is 2.77. The van der Waals surface area contributed by atoms with Crippen molar-refractivity contribution in [2.45, 2.75) is 25.8 Å². The molecule has 2 heterocycles. The van der Waals surface area contributed by atoms with Gasteiger partial charge in [0, 0.05) is 24.7 Å². The van der Waals surface area contributed by atoms with Crippen LogP contribution < -0.4 is 11.1 Å². The molecule has 1 saturated heterocycles. The number of amides is 1. The minimum Gasteiger partial charge on any atom is -0.368 e. The maximum Gasteiger partial charge on any atom is 0.274 e. The summed E-state index contributed by atoms with van der Waals surface area (Å²) in [5.74, 6) is -0.903. The van der Waals surface area contributed by atoms with Crippen LogP contribution in [-0.2, 0) is 0 Å². The number of nitrogens with two attached hydrogens (primary N) is 1. The smallest absolute Gasteiger partial charge is 0.274 e. The highest BCUT2D eigenvalue weighted by Crippen LogP contribution is 2.22. The molecule has 2 aromatic rings. The first-order chi connectivity index (χ1) is 14.5. The largest absolute Gasteiger partial charge is 0.368 e. The molecule has 156 valence electrons. The Morgan fingerprint density at radius 3 is 2.73 bits per heavy atom. The van der Waals surface area contributed by atoms with Crippen molar-refractivity contribution < 1.29 is 9.18 Å². The fourth-order valence-electron chi connectivity index (χ4n) is 3.53. The van der Waals surface area contributed by atoms with Gasteiger partial charge in [0.05, 0.1) is 11.4 Å². The van der Waals surface area contributed by atoms with Gasteiger partial charge in [-0.3, -0.25) is 4.79 Å². The van der Waals surface area contributed by atoms with Gasteiger partial charge in [0.1, 0.15) is 17.2 Å². The number of hydrogen-bond donors (Lipinski definition) is 2. The number of hydrogen-bond acceptors (Lipinski definition) is 4. The van der Waals surface area contributed by atoms with Crippen molar-refractivity contribution >= 4 is 5.91 Å². The quantitative estimate of drug-likeness (QED) is 0.711. The minimum absolute atomic E-state index is 0.0907. The number of piperidine rings is 1. The topological polar surface area (TPSA) is 71.2 Å². The van der Waals surface area contributed by atoms with Gasteiger partial charge in [0.15, 0.2) is 0 Å². The zero-order valence-corrected chi connectivity index (χ0v) is 17.1. The molecular weight excluding hydrogens is 379 g/mol. The third-order valence-electron chi connectivity index (χ3n) is 4.98. The van der Waals surface area contributed by atoms with Crippen LogP contribution in [0.4, 0.5) is 4.39 Å². The first kappa shape index (κ1) is 21.5. The highest BCUT2D eigenvalue weighted by molar-refractivity contribution is 5.94. The third-order valence-corrected chi connectivity index (χ3v) is 4.98. The summed E-state index contributed by atoms with van der Waals surface area (Å²) in [5, 5.41) is 2.88. The summed E-state index contributed by atoms with van der Waals surface area (Å²) in [5.41, 5.74) is 8.43. The predicted molar refractivity (Wildman–Crippen MR) is 118 cm³/mol. The number of likely N-dealkylation sites (tertiary alicyclic amines) is 1. The number of nitrogens with one attached hydrogen (secondary N) is 1. The van der Waals surface area contributed by atoms with Crippen LogP contribution in [0.15, 0.2) is 78.7 Å². The van der Waals surface area contributed by atoms with Crippen molar-refractivity contribution in [1.29, 1.82) is 0 Å². The summed E-state index contributed by atoms with van der Waals surface area (Å²) < 4.78 is 14.3. The molecule has 0 saturated carbocycles. The van der Waals surface area contributed by atoms with Gasteiger partial charge in [0.2, 0.25) is 0 Å². The molecule has 3 rings (SSSR count). The van der Waals surface area contributed by atoms with Crippen LogP contribution >= 0.6 is 0 Å². The molecular formula is C24H27FN4O. The second-order valence-corrected chi connectivity index (χ2v) is 7.20. The Balaban J connectivity index is 1.90. The Kier molecular flexibility index (Phi) is 7.14. The molecule has 6 heteroatoms. The Morgan fingerprint density at radius 1 is 1.30 bits per heavy atom. The van der Waals surface area contributed by atoms with Crippen molar-refractivity contribution in [3.63, 3.8) is 0 Å². The lowest BCUT2D eigenvalue weighted by atomic mass is 10.1. The molecule has 1 aliphatic rings. The second kappa shape index (κ2) is 9.98. The fraction of sp³-hybridized carbons (Fsp3) is 0.250. The molecule has 0 bridgehead atoms. The van der Waals surface area contributed by atoms with E-state index >= 15 is 0 Å². The molecule has 0 spiro atoms. The molecule has 5 nitrogen and oxygen atoms in total. The van der Waals surface area contributed by atoms with Gasteiger partial charge in [-0.05, 0) is 44.1 Å².